The van der Waals surface area contributed by atoms with E-state index in [-0.39, 0.29) is 0 Å². The van der Waals surface area contributed by atoms with Crippen molar-refractivity contribution >= 4 is 77.6 Å². The zero-order valence-corrected chi connectivity index (χ0v) is 35.6. The van der Waals surface area contributed by atoms with E-state index in [1.807, 2.05) is 6.07 Å². The molecular formula is C62H42N2O. The molecule has 1 heterocycles. The van der Waals surface area contributed by atoms with Crippen molar-refractivity contribution in [2.45, 2.75) is 0 Å². The molecule has 12 aromatic rings. The first-order chi connectivity index (χ1) is 32.2. The number of benzene rings is 11. The van der Waals surface area contributed by atoms with Crippen LogP contribution in [0.2, 0.25) is 0 Å². The summed E-state index contributed by atoms with van der Waals surface area (Å²) in [6, 6.07) is 91.3. The highest BCUT2D eigenvalue weighted by Gasteiger charge is 2.19. The average molecular weight is 831 g/mol. The lowest BCUT2D eigenvalue weighted by Gasteiger charge is -2.27. The normalized spacial score (nSPS) is 11.4. The molecule has 0 aliphatic carbocycles. The zero-order chi connectivity index (χ0) is 43.1. The molecule has 3 nitrogen and oxygen atoms in total. The summed E-state index contributed by atoms with van der Waals surface area (Å²) in [5.74, 6) is 0. The number of fused-ring (bicyclic) bond motifs is 5. The highest BCUT2D eigenvalue weighted by atomic mass is 16.3. The molecule has 0 bridgehead atoms. The molecule has 65 heavy (non-hydrogen) atoms. The van der Waals surface area contributed by atoms with E-state index in [1.165, 1.54) is 21.5 Å². The maximum atomic E-state index is 6.63. The standard InChI is InChI=1S/C62H42N2O/c1-3-20-50(21-4-1)63(59-29-13-18-45-16-7-9-24-54(45)59)52-36-32-43(33-37-52)47-40-48(42-49(41-47)56-27-15-28-58-57-26-11-12-31-61(57)65-62(56)58)44-34-38-53(39-35-44)64(51-22-5-2-6-23-51)60-30-14-19-46-17-8-10-25-55(46)60/h1-42H. The zero-order valence-electron chi connectivity index (χ0n) is 35.6. The van der Waals surface area contributed by atoms with E-state index in [1.54, 1.807) is 0 Å². The van der Waals surface area contributed by atoms with Crippen LogP contribution >= 0.6 is 0 Å². The predicted octanol–water partition coefficient (Wildman–Crippen LogP) is 17.8. The number of hydrogen-bond acceptors (Lipinski definition) is 3. The SMILES string of the molecule is c1ccc(N(c2ccc(-c3cc(-c4ccc(N(c5ccccc5)c5cccc6ccccc56)cc4)cc(-c4cccc5c4oc4ccccc45)c3)cc2)c2cccc3ccccc23)cc1. The number of furan rings is 1. The Balaban J connectivity index is 0.991. The summed E-state index contributed by atoms with van der Waals surface area (Å²) in [7, 11) is 0. The van der Waals surface area contributed by atoms with Crippen molar-refractivity contribution in [2.75, 3.05) is 9.80 Å². The van der Waals surface area contributed by atoms with Gasteiger partial charge in [-0.1, -0.05) is 170 Å². The lowest BCUT2D eigenvalue weighted by molar-refractivity contribution is 0.670. The molecule has 0 amide bonds. The Morgan fingerprint density at radius 3 is 1.20 bits per heavy atom. The van der Waals surface area contributed by atoms with Crippen LogP contribution in [0.5, 0.6) is 0 Å². The van der Waals surface area contributed by atoms with Gasteiger partial charge >= 0.3 is 0 Å². The Hall–Kier alpha value is -8.66. The van der Waals surface area contributed by atoms with Crippen LogP contribution in [0.15, 0.2) is 259 Å². The fraction of sp³-hybridized carbons (Fsp3) is 0. The Morgan fingerprint density at radius 1 is 0.262 bits per heavy atom. The summed E-state index contributed by atoms with van der Waals surface area (Å²) in [6.07, 6.45) is 0. The molecule has 0 atom stereocenters. The van der Waals surface area contributed by atoms with E-state index < -0.39 is 0 Å². The minimum absolute atomic E-state index is 0.890. The quantitative estimate of drug-likeness (QED) is 0.144. The molecule has 0 spiro atoms. The van der Waals surface area contributed by atoms with Gasteiger partial charge in [-0.05, 0) is 124 Å². The van der Waals surface area contributed by atoms with E-state index in [2.05, 4.69) is 259 Å². The van der Waals surface area contributed by atoms with Gasteiger partial charge in [0.05, 0.1) is 11.4 Å². The topological polar surface area (TPSA) is 19.6 Å². The van der Waals surface area contributed by atoms with Gasteiger partial charge < -0.3 is 14.2 Å². The van der Waals surface area contributed by atoms with Gasteiger partial charge in [-0.15, -0.1) is 0 Å². The summed E-state index contributed by atoms with van der Waals surface area (Å²) in [5.41, 5.74) is 15.1. The molecule has 3 heteroatoms. The second-order valence-electron chi connectivity index (χ2n) is 16.5. The molecule has 0 saturated carbocycles. The summed E-state index contributed by atoms with van der Waals surface area (Å²) >= 11 is 0. The molecule has 12 rings (SSSR count). The Labute approximate surface area is 378 Å². The maximum absolute atomic E-state index is 6.63. The van der Waals surface area contributed by atoms with E-state index >= 15 is 0 Å². The summed E-state index contributed by atoms with van der Waals surface area (Å²) in [6.45, 7) is 0. The van der Waals surface area contributed by atoms with E-state index in [9.17, 15) is 0 Å². The summed E-state index contributed by atoms with van der Waals surface area (Å²) in [5, 5.41) is 7.06. The van der Waals surface area contributed by atoms with Crippen LogP contribution in [-0.4, -0.2) is 0 Å². The van der Waals surface area contributed by atoms with Crippen molar-refractivity contribution in [1.29, 1.82) is 0 Å². The van der Waals surface area contributed by atoms with Gasteiger partial charge in [0.15, 0.2) is 0 Å². The second kappa shape index (κ2) is 16.2. The lowest BCUT2D eigenvalue weighted by atomic mass is 9.92. The predicted molar refractivity (Wildman–Crippen MR) is 274 cm³/mol. The smallest absolute Gasteiger partial charge is 0.143 e. The van der Waals surface area contributed by atoms with Crippen LogP contribution in [-0.2, 0) is 0 Å². The van der Waals surface area contributed by atoms with Gasteiger partial charge in [-0.3, -0.25) is 0 Å². The third kappa shape index (κ3) is 6.97. The van der Waals surface area contributed by atoms with Gasteiger partial charge in [0, 0.05) is 49.9 Å². The van der Waals surface area contributed by atoms with Crippen LogP contribution in [0, 0.1) is 0 Å². The number of hydrogen-bond donors (Lipinski definition) is 0. The van der Waals surface area contributed by atoms with Crippen molar-refractivity contribution in [1.82, 2.24) is 0 Å². The highest BCUT2D eigenvalue weighted by Crippen LogP contribution is 2.44. The average Bonchev–Trinajstić information content (AvgIpc) is 3.77. The number of nitrogens with zero attached hydrogens (tertiary/aromatic N) is 2. The molecule has 11 aromatic carbocycles. The fourth-order valence-corrected chi connectivity index (χ4v) is 9.51. The molecule has 1 aromatic heterocycles. The fourth-order valence-electron chi connectivity index (χ4n) is 9.51. The molecular weight excluding hydrogens is 789 g/mol. The van der Waals surface area contributed by atoms with Crippen LogP contribution in [0.1, 0.15) is 0 Å². The Bertz CT molecular complexity index is 3460. The first-order valence-corrected chi connectivity index (χ1v) is 22.2. The molecule has 0 aliphatic rings. The van der Waals surface area contributed by atoms with Crippen molar-refractivity contribution < 1.29 is 4.42 Å². The van der Waals surface area contributed by atoms with Crippen molar-refractivity contribution in [3.63, 3.8) is 0 Å². The molecule has 0 aliphatic heterocycles. The number of rotatable bonds is 9. The van der Waals surface area contributed by atoms with E-state index in [4.69, 9.17) is 4.42 Å². The molecule has 0 fully saturated rings. The second-order valence-corrected chi connectivity index (χ2v) is 16.5. The van der Waals surface area contributed by atoms with Gasteiger partial charge in [0.1, 0.15) is 11.2 Å². The van der Waals surface area contributed by atoms with Gasteiger partial charge in [-0.25, -0.2) is 0 Å². The van der Waals surface area contributed by atoms with Gasteiger partial charge in [0.2, 0.25) is 0 Å². The Morgan fingerprint density at radius 2 is 0.662 bits per heavy atom. The van der Waals surface area contributed by atoms with E-state index in [0.717, 1.165) is 89.4 Å². The van der Waals surface area contributed by atoms with Gasteiger partial charge in [-0.2, -0.15) is 0 Å². The third-order valence-electron chi connectivity index (χ3n) is 12.6. The molecule has 0 unspecified atom stereocenters. The number of para-hydroxylation sites is 4. The van der Waals surface area contributed by atoms with E-state index in [0.29, 0.717) is 0 Å². The maximum Gasteiger partial charge on any atom is 0.143 e. The summed E-state index contributed by atoms with van der Waals surface area (Å²) < 4.78 is 6.63. The van der Waals surface area contributed by atoms with Crippen LogP contribution in [0.25, 0.3) is 76.9 Å². The monoisotopic (exact) mass is 830 g/mol. The summed E-state index contributed by atoms with van der Waals surface area (Å²) in [4.78, 5) is 4.71. The first-order valence-electron chi connectivity index (χ1n) is 22.2. The first kappa shape index (κ1) is 38.0. The highest BCUT2D eigenvalue weighted by molar-refractivity contribution is 6.10. The van der Waals surface area contributed by atoms with Crippen molar-refractivity contribution in [3.8, 4) is 33.4 Å². The lowest BCUT2D eigenvalue weighted by Crippen LogP contribution is -2.10. The molecule has 0 radical (unpaired) electrons. The Kier molecular flexibility index (Phi) is 9.50. The van der Waals surface area contributed by atoms with Gasteiger partial charge in [0.25, 0.3) is 0 Å². The van der Waals surface area contributed by atoms with Crippen molar-refractivity contribution in [3.05, 3.63) is 255 Å². The third-order valence-corrected chi connectivity index (χ3v) is 12.6. The van der Waals surface area contributed by atoms with Crippen LogP contribution < -0.4 is 9.80 Å². The largest absolute Gasteiger partial charge is 0.455 e. The minimum Gasteiger partial charge on any atom is -0.455 e. The molecule has 306 valence electrons. The number of anilines is 6. The van der Waals surface area contributed by atoms with Crippen molar-refractivity contribution in [2.24, 2.45) is 0 Å². The molecule has 0 N–H and O–H groups in total. The van der Waals surface area contributed by atoms with Crippen LogP contribution in [0.3, 0.4) is 0 Å². The minimum atomic E-state index is 0.890. The molecule has 0 saturated heterocycles. The van der Waals surface area contributed by atoms with Crippen LogP contribution in [0.4, 0.5) is 34.1 Å².